The van der Waals surface area contributed by atoms with Gasteiger partial charge in [0.05, 0.1) is 22.2 Å². The average molecular weight is 307 g/mol. The average Bonchev–Trinajstić information content (AvgIpc) is 2.47. The molecule has 0 spiro atoms. The van der Waals surface area contributed by atoms with E-state index in [2.05, 4.69) is 5.32 Å². The van der Waals surface area contributed by atoms with Crippen LogP contribution in [0.4, 0.5) is 11.4 Å². The van der Waals surface area contributed by atoms with Gasteiger partial charge in [-0.2, -0.15) is 0 Å². The van der Waals surface area contributed by atoms with Crippen LogP contribution in [-0.2, 0) is 17.9 Å². The van der Waals surface area contributed by atoms with Crippen LogP contribution in [0, 0.1) is 10.1 Å². The van der Waals surface area contributed by atoms with E-state index in [1.807, 2.05) is 24.3 Å². The van der Waals surface area contributed by atoms with Crippen molar-refractivity contribution in [3.8, 4) is 0 Å². The number of benzene rings is 2. The fourth-order valence-corrected chi connectivity index (χ4v) is 2.12. The van der Waals surface area contributed by atoms with Crippen LogP contribution in [0.25, 0.3) is 0 Å². The monoisotopic (exact) mass is 306 g/mol. The van der Waals surface area contributed by atoms with Gasteiger partial charge in [-0.25, -0.2) is 0 Å². The summed E-state index contributed by atoms with van der Waals surface area (Å²) in [6.07, 6.45) is 0. The normalized spacial score (nSPS) is 10.4. The highest BCUT2D eigenvalue weighted by atomic mass is 35.5. The van der Waals surface area contributed by atoms with Crippen LogP contribution in [0.2, 0.25) is 5.02 Å². The van der Waals surface area contributed by atoms with E-state index in [4.69, 9.17) is 16.3 Å². The van der Waals surface area contributed by atoms with Gasteiger partial charge in [-0.3, -0.25) is 10.1 Å². The lowest BCUT2D eigenvalue weighted by molar-refractivity contribution is -0.384. The molecule has 0 fully saturated rings. The zero-order chi connectivity index (χ0) is 15.2. The second kappa shape index (κ2) is 7.06. The number of hydrogen-bond acceptors (Lipinski definition) is 4. The van der Waals surface area contributed by atoms with E-state index >= 15 is 0 Å². The van der Waals surface area contributed by atoms with Crippen molar-refractivity contribution in [3.05, 3.63) is 68.7 Å². The van der Waals surface area contributed by atoms with Gasteiger partial charge in [0.1, 0.15) is 0 Å². The molecule has 21 heavy (non-hydrogen) atoms. The first-order chi connectivity index (χ1) is 10.1. The van der Waals surface area contributed by atoms with Crippen LogP contribution in [-0.4, -0.2) is 12.0 Å². The van der Waals surface area contributed by atoms with Crippen LogP contribution in [0.5, 0.6) is 0 Å². The van der Waals surface area contributed by atoms with Gasteiger partial charge >= 0.3 is 0 Å². The van der Waals surface area contributed by atoms with Crippen molar-refractivity contribution in [3.63, 3.8) is 0 Å². The van der Waals surface area contributed by atoms with Crippen LogP contribution in [0.15, 0.2) is 42.5 Å². The van der Waals surface area contributed by atoms with Gasteiger partial charge in [0, 0.05) is 25.8 Å². The van der Waals surface area contributed by atoms with Crippen molar-refractivity contribution in [1.29, 1.82) is 0 Å². The third kappa shape index (κ3) is 4.18. The SMILES string of the molecule is COCc1ccc(CNc2ccc([N+](=O)[O-])cc2Cl)cc1. The van der Waals surface area contributed by atoms with Crippen molar-refractivity contribution in [2.45, 2.75) is 13.2 Å². The Kier molecular flexibility index (Phi) is 5.14. The Hall–Kier alpha value is -2.11. The van der Waals surface area contributed by atoms with Crippen molar-refractivity contribution in [1.82, 2.24) is 0 Å². The smallest absolute Gasteiger partial charge is 0.271 e. The molecule has 1 N–H and O–H groups in total. The van der Waals surface area contributed by atoms with Crippen LogP contribution in [0.1, 0.15) is 11.1 Å². The fraction of sp³-hybridized carbons (Fsp3) is 0.200. The van der Waals surface area contributed by atoms with E-state index in [0.29, 0.717) is 23.9 Å². The zero-order valence-corrected chi connectivity index (χ0v) is 12.3. The Morgan fingerprint density at radius 2 is 1.86 bits per heavy atom. The molecule has 0 aliphatic carbocycles. The molecule has 0 atom stereocenters. The van der Waals surface area contributed by atoms with Crippen molar-refractivity contribution in [2.24, 2.45) is 0 Å². The van der Waals surface area contributed by atoms with E-state index in [1.165, 1.54) is 12.1 Å². The number of halogens is 1. The number of anilines is 1. The quantitative estimate of drug-likeness (QED) is 0.647. The van der Waals surface area contributed by atoms with Gasteiger partial charge < -0.3 is 10.1 Å². The maximum absolute atomic E-state index is 10.6. The maximum Gasteiger partial charge on any atom is 0.271 e. The first kappa shape index (κ1) is 15.3. The summed E-state index contributed by atoms with van der Waals surface area (Å²) in [5.74, 6) is 0. The number of ether oxygens (including phenoxy) is 1. The van der Waals surface area contributed by atoms with E-state index in [0.717, 1.165) is 11.1 Å². The maximum atomic E-state index is 10.6. The largest absolute Gasteiger partial charge is 0.380 e. The van der Waals surface area contributed by atoms with Gasteiger partial charge in [-0.05, 0) is 17.2 Å². The lowest BCUT2D eigenvalue weighted by Crippen LogP contribution is -2.00. The molecule has 0 saturated carbocycles. The first-order valence-corrected chi connectivity index (χ1v) is 6.72. The lowest BCUT2D eigenvalue weighted by Gasteiger charge is -2.09. The predicted molar refractivity (Wildman–Crippen MR) is 82.6 cm³/mol. The molecule has 0 aliphatic rings. The number of non-ortho nitro benzene ring substituents is 1. The first-order valence-electron chi connectivity index (χ1n) is 6.34. The van der Waals surface area contributed by atoms with Gasteiger partial charge in [-0.15, -0.1) is 0 Å². The number of methoxy groups -OCH3 is 1. The summed E-state index contributed by atoms with van der Waals surface area (Å²) in [7, 11) is 1.66. The Morgan fingerprint density at radius 1 is 1.19 bits per heavy atom. The molecule has 110 valence electrons. The Balaban J connectivity index is 2.01. The van der Waals surface area contributed by atoms with Crippen molar-refractivity contribution >= 4 is 23.0 Å². The number of nitrogens with zero attached hydrogens (tertiary/aromatic N) is 1. The molecule has 6 heteroatoms. The fourth-order valence-electron chi connectivity index (χ4n) is 1.88. The predicted octanol–water partition coefficient (Wildman–Crippen LogP) is 4.01. The van der Waals surface area contributed by atoms with E-state index in [-0.39, 0.29) is 5.69 Å². The minimum atomic E-state index is -0.468. The topological polar surface area (TPSA) is 64.4 Å². The minimum Gasteiger partial charge on any atom is -0.380 e. The highest BCUT2D eigenvalue weighted by molar-refractivity contribution is 6.33. The van der Waals surface area contributed by atoms with Gasteiger partial charge in [0.2, 0.25) is 0 Å². The summed E-state index contributed by atoms with van der Waals surface area (Å²) in [6, 6.07) is 12.4. The molecule has 0 saturated heterocycles. The molecular weight excluding hydrogens is 292 g/mol. The third-order valence-corrected chi connectivity index (χ3v) is 3.29. The molecule has 0 bridgehead atoms. The molecule has 2 aromatic carbocycles. The van der Waals surface area contributed by atoms with E-state index in [1.54, 1.807) is 13.2 Å². The van der Waals surface area contributed by atoms with Crippen molar-refractivity contribution < 1.29 is 9.66 Å². The van der Waals surface area contributed by atoms with Crippen LogP contribution in [0.3, 0.4) is 0 Å². The van der Waals surface area contributed by atoms with Crippen molar-refractivity contribution in [2.75, 3.05) is 12.4 Å². The lowest BCUT2D eigenvalue weighted by atomic mass is 10.1. The number of rotatable bonds is 6. The van der Waals surface area contributed by atoms with Gasteiger partial charge in [0.15, 0.2) is 0 Å². The minimum absolute atomic E-state index is 0.0190. The second-order valence-corrected chi connectivity index (χ2v) is 4.93. The van der Waals surface area contributed by atoms with E-state index in [9.17, 15) is 10.1 Å². The summed E-state index contributed by atoms with van der Waals surface area (Å²) in [5, 5.41) is 14.1. The highest BCUT2D eigenvalue weighted by Crippen LogP contribution is 2.27. The molecular formula is C15H15ClN2O3. The van der Waals surface area contributed by atoms with Gasteiger partial charge in [0.25, 0.3) is 5.69 Å². The molecule has 0 radical (unpaired) electrons. The Bertz CT molecular complexity index is 629. The summed E-state index contributed by atoms with van der Waals surface area (Å²) in [4.78, 5) is 10.2. The summed E-state index contributed by atoms with van der Waals surface area (Å²) in [5.41, 5.74) is 2.84. The number of nitro benzene ring substituents is 1. The molecule has 2 aromatic rings. The molecule has 0 amide bonds. The molecule has 5 nitrogen and oxygen atoms in total. The molecule has 0 unspecified atom stereocenters. The third-order valence-electron chi connectivity index (χ3n) is 2.98. The number of nitro groups is 1. The Morgan fingerprint density at radius 3 is 2.43 bits per heavy atom. The highest BCUT2D eigenvalue weighted by Gasteiger charge is 2.09. The standard InChI is InChI=1S/C15H15ClN2O3/c1-21-10-12-4-2-11(3-5-12)9-17-15-7-6-13(18(19)20)8-14(15)16/h2-8,17H,9-10H2,1H3. The molecule has 0 aliphatic heterocycles. The van der Waals surface area contributed by atoms with Crippen LogP contribution < -0.4 is 5.32 Å². The Labute approximate surface area is 127 Å². The molecule has 2 rings (SSSR count). The number of nitrogens with one attached hydrogen (secondary N) is 1. The van der Waals surface area contributed by atoms with Gasteiger partial charge in [-0.1, -0.05) is 35.9 Å². The summed E-state index contributed by atoms with van der Waals surface area (Å²) in [6.45, 7) is 1.17. The number of hydrogen-bond donors (Lipinski definition) is 1. The summed E-state index contributed by atoms with van der Waals surface area (Å²) >= 11 is 6.02. The van der Waals surface area contributed by atoms with E-state index < -0.39 is 4.92 Å². The molecule has 0 heterocycles. The van der Waals surface area contributed by atoms with Crippen LogP contribution >= 0.6 is 11.6 Å². The zero-order valence-electron chi connectivity index (χ0n) is 11.5. The second-order valence-electron chi connectivity index (χ2n) is 4.52. The summed E-state index contributed by atoms with van der Waals surface area (Å²) < 4.78 is 5.06. The molecule has 0 aromatic heterocycles.